The van der Waals surface area contributed by atoms with E-state index in [1.165, 1.54) is 11.1 Å². The Hall–Kier alpha value is -2.92. The van der Waals surface area contributed by atoms with Crippen molar-refractivity contribution in [1.82, 2.24) is 4.90 Å². The summed E-state index contributed by atoms with van der Waals surface area (Å²) in [6.45, 7) is 4.74. The van der Waals surface area contributed by atoms with Gasteiger partial charge in [-0.1, -0.05) is 36.7 Å². The third kappa shape index (κ3) is 6.65. The number of anilines is 1. The van der Waals surface area contributed by atoms with E-state index in [9.17, 15) is 18.9 Å². The number of carbonyl (C=O) groups excluding carboxylic acids is 2. The van der Waals surface area contributed by atoms with Gasteiger partial charge in [-0.2, -0.15) is 4.36 Å². The van der Waals surface area contributed by atoms with Crippen LogP contribution in [0.25, 0.3) is 0 Å². The Morgan fingerprint density at radius 3 is 2.79 bits per heavy atom. The molecule has 0 unspecified atom stereocenters. The number of hydrogen-bond donors (Lipinski definition) is 1. The van der Waals surface area contributed by atoms with Crippen molar-refractivity contribution in [3.05, 3.63) is 70.3 Å². The Kier molecular flexibility index (Phi) is 9.39. The van der Waals surface area contributed by atoms with Gasteiger partial charge in [0.25, 0.3) is 5.91 Å². The van der Waals surface area contributed by atoms with Gasteiger partial charge in [0.2, 0.25) is 5.91 Å². The second-order valence-corrected chi connectivity index (χ2v) is 17.5. The Labute approximate surface area is 288 Å². The summed E-state index contributed by atoms with van der Waals surface area (Å²) in [6, 6.07) is 11.5. The molecule has 0 radical (unpaired) electrons. The zero-order chi connectivity index (χ0) is 33.6. The van der Waals surface area contributed by atoms with Crippen molar-refractivity contribution >= 4 is 38.8 Å². The molecule has 0 aromatic heterocycles. The van der Waals surface area contributed by atoms with Gasteiger partial charge in [0.05, 0.1) is 34.2 Å². The van der Waals surface area contributed by atoms with E-state index in [-0.39, 0.29) is 46.7 Å². The zero-order valence-corrected chi connectivity index (χ0v) is 29.4. The van der Waals surface area contributed by atoms with Crippen molar-refractivity contribution in [3.8, 4) is 5.75 Å². The largest absolute Gasteiger partial charge is 0.490 e. The predicted molar refractivity (Wildman–Crippen MR) is 187 cm³/mol. The molecule has 1 saturated carbocycles. The minimum atomic E-state index is -3.24. The fourth-order valence-electron chi connectivity index (χ4n) is 8.31. The van der Waals surface area contributed by atoms with Gasteiger partial charge in [0, 0.05) is 55.0 Å². The number of amides is 2. The molecule has 3 aliphatic heterocycles. The molecule has 6 atom stereocenters. The Morgan fingerprint density at radius 2 is 2.02 bits per heavy atom. The molecule has 1 spiro atoms. The maximum absolute atomic E-state index is 14.4. The van der Waals surface area contributed by atoms with Crippen LogP contribution in [0.2, 0.25) is 5.02 Å². The van der Waals surface area contributed by atoms with E-state index < -0.39 is 21.7 Å². The summed E-state index contributed by atoms with van der Waals surface area (Å²) >= 11 is 6.43. The third-order valence-corrected chi connectivity index (χ3v) is 13.7. The third-order valence-electron chi connectivity index (χ3n) is 11.2. The molecule has 5 aliphatic rings. The van der Waals surface area contributed by atoms with Crippen LogP contribution in [0.15, 0.2) is 52.9 Å². The molecule has 11 heteroatoms. The molecule has 258 valence electrons. The number of allylic oxidation sites excluding steroid dienone is 1. The normalized spacial score (nSPS) is 32.9. The Morgan fingerprint density at radius 1 is 1.19 bits per heavy atom. The summed E-state index contributed by atoms with van der Waals surface area (Å²) in [5.74, 6) is -0.104. The number of carbonyl (C=O) groups is 2. The summed E-state index contributed by atoms with van der Waals surface area (Å²) in [6.07, 6.45) is 8.70. The Bertz CT molecular complexity index is 1730. The number of likely N-dealkylation sites (tertiary alicyclic amines) is 1. The van der Waals surface area contributed by atoms with Crippen molar-refractivity contribution in [2.24, 2.45) is 22.1 Å². The molecule has 2 fully saturated rings. The zero-order valence-electron chi connectivity index (χ0n) is 27.8. The molecule has 2 aromatic rings. The van der Waals surface area contributed by atoms with E-state index in [2.05, 4.69) is 21.4 Å². The number of rotatable bonds is 3. The highest BCUT2D eigenvalue weighted by Crippen LogP contribution is 2.47. The van der Waals surface area contributed by atoms with E-state index in [1.54, 1.807) is 18.1 Å². The minimum absolute atomic E-state index is 0.0309. The van der Waals surface area contributed by atoms with Crippen LogP contribution in [0.4, 0.5) is 5.69 Å². The maximum Gasteiger partial charge on any atom is 0.285 e. The highest BCUT2D eigenvalue weighted by Gasteiger charge is 2.44. The van der Waals surface area contributed by atoms with Crippen LogP contribution in [-0.2, 0) is 31.1 Å². The van der Waals surface area contributed by atoms with E-state index in [1.807, 2.05) is 37.3 Å². The monoisotopic (exact) mass is 695 g/mol. The summed E-state index contributed by atoms with van der Waals surface area (Å²) in [7, 11) is -1.63. The Balaban J connectivity index is 1.27. The molecule has 2 bridgehead atoms. The number of aryl methyl sites for hydroxylation is 1. The highest BCUT2D eigenvalue weighted by atomic mass is 35.5. The molecular formula is C37H46ClN3O6S. The van der Waals surface area contributed by atoms with Crippen LogP contribution in [0.3, 0.4) is 0 Å². The number of fused-ring (bicyclic) bond motifs is 4. The van der Waals surface area contributed by atoms with E-state index in [0.717, 1.165) is 42.8 Å². The summed E-state index contributed by atoms with van der Waals surface area (Å²) in [4.78, 5) is 31.0. The lowest BCUT2D eigenvalue weighted by molar-refractivity contribution is -0.140. The standard InChI is InChI=1S/C37H46ClN3O6S/c1-24-5-3-7-33(42)30-11-8-27(30)17-41-22-37(14-4-6-25-15-28(38)10-12-31(25)37)23-47-34-13-9-26(16-32(34)41)36(44)39-48(45,20-24)21-35(43)40-18-29(19-40)46-2/h3,7,9-10,12-13,15-16,24,27,29-30,33,42H,4-6,8,11,14,17-23H2,1-2H3/b7-3+/t24-,27-,30+,33-,37-,48+/m0/s1. The SMILES string of the molecule is COC1CN(C(=O)C[S@@]2(=O)=NC(=O)c3ccc4c(c3)N(C[C@@H]3CC[C@H]3[C@@H](O)/C=C/C[C@H](C)C2)C[C@@]2(CCCc3cc(Cl)ccc32)CO4)C1. The molecule has 2 amide bonds. The van der Waals surface area contributed by atoms with Crippen molar-refractivity contribution in [3.63, 3.8) is 0 Å². The van der Waals surface area contributed by atoms with Crippen LogP contribution in [0.5, 0.6) is 5.75 Å². The van der Waals surface area contributed by atoms with E-state index in [4.69, 9.17) is 21.1 Å². The number of hydrogen-bond acceptors (Lipinski definition) is 7. The number of nitrogens with zero attached hydrogens (tertiary/aromatic N) is 3. The van der Waals surface area contributed by atoms with Crippen LogP contribution in [0.1, 0.15) is 60.5 Å². The summed E-state index contributed by atoms with van der Waals surface area (Å²) in [5.41, 5.74) is 3.37. The van der Waals surface area contributed by atoms with Gasteiger partial charge < -0.3 is 24.4 Å². The number of benzene rings is 2. The fourth-order valence-corrected chi connectivity index (χ4v) is 10.8. The van der Waals surface area contributed by atoms with Crippen LogP contribution in [-0.4, -0.2) is 89.6 Å². The highest BCUT2D eigenvalue weighted by molar-refractivity contribution is 7.94. The lowest BCUT2D eigenvalue weighted by Crippen LogP contribution is -2.55. The van der Waals surface area contributed by atoms with E-state index >= 15 is 0 Å². The van der Waals surface area contributed by atoms with Crippen molar-refractivity contribution in [1.29, 1.82) is 0 Å². The summed E-state index contributed by atoms with van der Waals surface area (Å²) < 4.78 is 30.7. The second-order valence-electron chi connectivity index (χ2n) is 14.7. The first-order chi connectivity index (χ1) is 23.0. The number of ether oxygens (including phenoxy) is 2. The molecule has 1 saturated heterocycles. The topological polar surface area (TPSA) is 109 Å². The molecule has 3 heterocycles. The molecule has 7 rings (SSSR count). The van der Waals surface area contributed by atoms with Crippen LogP contribution < -0.4 is 9.64 Å². The molecule has 1 N–H and O–H groups in total. The molecule has 9 nitrogen and oxygen atoms in total. The number of halogens is 1. The van der Waals surface area contributed by atoms with Crippen molar-refractivity contribution in [2.45, 2.75) is 63.1 Å². The van der Waals surface area contributed by atoms with Crippen molar-refractivity contribution < 1.29 is 28.4 Å². The first kappa shape index (κ1) is 33.6. The lowest BCUT2D eigenvalue weighted by atomic mass is 9.68. The first-order valence-corrected chi connectivity index (χ1v) is 19.5. The van der Waals surface area contributed by atoms with Crippen LogP contribution >= 0.6 is 11.6 Å². The van der Waals surface area contributed by atoms with Gasteiger partial charge in [0.15, 0.2) is 0 Å². The minimum Gasteiger partial charge on any atom is -0.490 e. The van der Waals surface area contributed by atoms with Crippen LogP contribution in [0, 0.1) is 17.8 Å². The lowest BCUT2D eigenvalue weighted by Gasteiger charge is -2.45. The number of aliphatic hydroxyl groups is 1. The average molecular weight is 696 g/mol. The van der Waals surface area contributed by atoms with E-state index in [0.29, 0.717) is 50.5 Å². The number of methoxy groups -OCH3 is 1. The fraction of sp³-hybridized carbons (Fsp3) is 0.568. The van der Waals surface area contributed by atoms with Gasteiger partial charge >= 0.3 is 0 Å². The van der Waals surface area contributed by atoms with Gasteiger partial charge in [-0.25, -0.2) is 4.21 Å². The summed E-state index contributed by atoms with van der Waals surface area (Å²) in [5, 5.41) is 12.0. The molecular weight excluding hydrogens is 650 g/mol. The molecule has 2 aromatic carbocycles. The maximum atomic E-state index is 14.4. The average Bonchev–Trinajstić information content (AvgIpc) is 3.14. The van der Waals surface area contributed by atoms with Gasteiger partial charge in [-0.15, -0.1) is 0 Å². The molecule has 2 aliphatic carbocycles. The van der Waals surface area contributed by atoms with Gasteiger partial charge in [-0.05, 0) is 97.7 Å². The quantitative estimate of drug-likeness (QED) is 0.437. The van der Waals surface area contributed by atoms with Crippen molar-refractivity contribution in [2.75, 3.05) is 56.3 Å². The van der Waals surface area contributed by atoms with Gasteiger partial charge in [0.1, 0.15) is 11.5 Å². The molecule has 48 heavy (non-hydrogen) atoms. The predicted octanol–water partition coefficient (Wildman–Crippen LogP) is 5.26. The number of aliphatic hydroxyl groups excluding tert-OH is 1. The van der Waals surface area contributed by atoms with Gasteiger partial charge in [-0.3, -0.25) is 9.59 Å². The first-order valence-electron chi connectivity index (χ1n) is 17.3. The smallest absolute Gasteiger partial charge is 0.285 e. The second kappa shape index (κ2) is 13.4.